The molecule has 1 amide bonds. The largest absolute Gasteiger partial charge is 0.463 e. The highest BCUT2D eigenvalue weighted by molar-refractivity contribution is 5.90. The first-order chi connectivity index (χ1) is 6.90. The maximum atomic E-state index is 11.6. The monoisotopic (exact) mass is 213 g/mol. The Kier molecular flexibility index (Phi) is 5.67. The number of carbonyl (C=O) groups is 2. The smallest absolute Gasteiger partial charge is 0.336 e. The van der Waals surface area contributed by atoms with Crippen molar-refractivity contribution in [2.24, 2.45) is 5.92 Å². The molecule has 0 aliphatic heterocycles. The minimum absolute atomic E-state index is 0.0240. The van der Waals surface area contributed by atoms with E-state index in [0.29, 0.717) is 17.9 Å². The second-order valence-corrected chi connectivity index (χ2v) is 3.60. The van der Waals surface area contributed by atoms with E-state index < -0.39 is 0 Å². The van der Waals surface area contributed by atoms with Gasteiger partial charge in [-0.3, -0.25) is 4.79 Å². The van der Waals surface area contributed by atoms with Gasteiger partial charge in [0.1, 0.15) is 0 Å². The number of hydrogen-bond donors (Lipinski definition) is 1. The molecule has 0 aromatic heterocycles. The molecule has 0 saturated carbocycles. The number of amides is 1. The molecule has 0 radical (unpaired) electrons. The van der Waals surface area contributed by atoms with Crippen LogP contribution in [-0.4, -0.2) is 18.5 Å². The first kappa shape index (κ1) is 13.7. The predicted octanol–water partition coefficient (Wildman–Crippen LogP) is 1.62. The van der Waals surface area contributed by atoms with Gasteiger partial charge in [-0.05, 0) is 19.8 Å². The molecule has 0 unspecified atom stereocenters. The Bertz CT molecular complexity index is 280. The third-order valence-electron chi connectivity index (χ3n) is 1.84. The highest BCUT2D eigenvalue weighted by atomic mass is 16.5. The molecule has 0 bridgehead atoms. The summed E-state index contributed by atoms with van der Waals surface area (Å²) in [5, 5.41) is 2.60. The molecule has 0 aromatic carbocycles. The first-order valence-electron chi connectivity index (χ1n) is 5.05. The minimum Gasteiger partial charge on any atom is -0.463 e. The van der Waals surface area contributed by atoms with Crippen LogP contribution in [-0.2, 0) is 14.3 Å². The Hall–Kier alpha value is -1.32. The fourth-order valence-corrected chi connectivity index (χ4v) is 1.36. The van der Waals surface area contributed by atoms with Gasteiger partial charge in [0.2, 0.25) is 5.91 Å². The highest BCUT2D eigenvalue weighted by Gasteiger charge is 2.18. The fraction of sp³-hybridized carbons (Fsp3) is 0.636. The fourth-order valence-electron chi connectivity index (χ4n) is 1.36. The standard InChI is InChI=1S/C11H19NO3/c1-6-15-11(14)10(7(2)3)8(4)12-9(5)13/h7H,6H2,1-5H3,(H,12,13)/b10-8+. The highest BCUT2D eigenvalue weighted by Crippen LogP contribution is 2.15. The van der Waals surface area contributed by atoms with E-state index >= 15 is 0 Å². The van der Waals surface area contributed by atoms with Crippen molar-refractivity contribution >= 4 is 11.9 Å². The maximum absolute atomic E-state index is 11.6. The van der Waals surface area contributed by atoms with Crippen molar-refractivity contribution in [1.82, 2.24) is 5.32 Å². The third kappa shape index (κ3) is 4.63. The molecule has 0 aliphatic carbocycles. The molecule has 4 heteroatoms. The predicted molar refractivity (Wildman–Crippen MR) is 58.0 cm³/mol. The molecule has 0 saturated heterocycles. The topological polar surface area (TPSA) is 55.4 Å². The van der Waals surface area contributed by atoms with Gasteiger partial charge in [-0.2, -0.15) is 0 Å². The molecule has 0 rings (SSSR count). The number of esters is 1. The van der Waals surface area contributed by atoms with Crippen LogP contribution in [0.5, 0.6) is 0 Å². The molecule has 0 aliphatic rings. The van der Waals surface area contributed by atoms with Gasteiger partial charge in [0, 0.05) is 12.6 Å². The summed E-state index contributed by atoms with van der Waals surface area (Å²) in [6, 6.07) is 0. The molecule has 0 heterocycles. The van der Waals surface area contributed by atoms with Gasteiger partial charge in [-0.25, -0.2) is 4.79 Å². The molecule has 86 valence electrons. The molecule has 0 spiro atoms. The van der Waals surface area contributed by atoms with Crippen LogP contribution in [0.4, 0.5) is 0 Å². The van der Waals surface area contributed by atoms with E-state index in [0.717, 1.165) is 0 Å². The van der Waals surface area contributed by atoms with Gasteiger partial charge >= 0.3 is 5.97 Å². The van der Waals surface area contributed by atoms with Gasteiger partial charge in [0.25, 0.3) is 0 Å². The number of ether oxygens (including phenoxy) is 1. The van der Waals surface area contributed by atoms with Gasteiger partial charge in [0.15, 0.2) is 0 Å². The van der Waals surface area contributed by atoms with Gasteiger partial charge in [-0.15, -0.1) is 0 Å². The number of rotatable bonds is 4. The Morgan fingerprint density at radius 2 is 1.80 bits per heavy atom. The summed E-state index contributed by atoms with van der Waals surface area (Å²) in [5.41, 5.74) is 1.09. The van der Waals surface area contributed by atoms with E-state index in [4.69, 9.17) is 4.74 Å². The van der Waals surface area contributed by atoms with Crippen LogP contribution in [0.3, 0.4) is 0 Å². The van der Waals surface area contributed by atoms with Gasteiger partial charge < -0.3 is 10.1 Å². The van der Waals surface area contributed by atoms with Crippen LogP contribution >= 0.6 is 0 Å². The Morgan fingerprint density at radius 1 is 1.27 bits per heavy atom. The van der Waals surface area contributed by atoms with Crippen molar-refractivity contribution < 1.29 is 14.3 Å². The summed E-state index contributed by atoms with van der Waals surface area (Å²) in [7, 11) is 0. The molecular weight excluding hydrogens is 194 g/mol. The van der Waals surface area contributed by atoms with Crippen LogP contribution in [0.25, 0.3) is 0 Å². The lowest BCUT2D eigenvalue weighted by Crippen LogP contribution is -2.24. The van der Waals surface area contributed by atoms with E-state index in [1.54, 1.807) is 13.8 Å². The van der Waals surface area contributed by atoms with Crippen LogP contribution < -0.4 is 5.32 Å². The van der Waals surface area contributed by atoms with Crippen molar-refractivity contribution in [1.29, 1.82) is 0 Å². The van der Waals surface area contributed by atoms with Crippen molar-refractivity contribution in [3.63, 3.8) is 0 Å². The third-order valence-corrected chi connectivity index (χ3v) is 1.84. The molecule has 15 heavy (non-hydrogen) atoms. The number of allylic oxidation sites excluding steroid dienone is 1. The number of carbonyl (C=O) groups excluding carboxylic acids is 2. The number of nitrogens with one attached hydrogen (secondary N) is 1. The zero-order valence-corrected chi connectivity index (χ0v) is 10.0. The van der Waals surface area contributed by atoms with E-state index in [2.05, 4.69) is 5.32 Å². The maximum Gasteiger partial charge on any atom is 0.336 e. The van der Waals surface area contributed by atoms with Crippen LogP contribution in [0.15, 0.2) is 11.3 Å². The van der Waals surface area contributed by atoms with Crippen LogP contribution in [0, 0.1) is 5.92 Å². The normalized spacial score (nSPS) is 12.1. The van der Waals surface area contributed by atoms with Crippen molar-refractivity contribution in [2.45, 2.75) is 34.6 Å². The molecule has 0 fully saturated rings. The van der Waals surface area contributed by atoms with E-state index in [9.17, 15) is 9.59 Å². The van der Waals surface area contributed by atoms with Crippen molar-refractivity contribution in [3.05, 3.63) is 11.3 Å². The summed E-state index contributed by atoms with van der Waals surface area (Å²) in [4.78, 5) is 22.4. The molecule has 4 nitrogen and oxygen atoms in total. The first-order valence-corrected chi connectivity index (χ1v) is 5.05. The zero-order chi connectivity index (χ0) is 12.0. The average molecular weight is 213 g/mol. The lowest BCUT2D eigenvalue weighted by atomic mass is 10.0. The van der Waals surface area contributed by atoms with E-state index in [1.165, 1.54) is 6.92 Å². The van der Waals surface area contributed by atoms with Gasteiger partial charge in [-0.1, -0.05) is 13.8 Å². The molecule has 0 atom stereocenters. The van der Waals surface area contributed by atoms with Crippen molar-refractivity contribution in [3.8, 4) is 0 Å². The van der Waals surface area contributed by atoms with E-state index in [1.807, 2.05) is 13.8 Å². The summed E-state index contributed by atoms with van der Waals surface area (Å²) in [6.45, 7) is 8.97. The Morgan fingerprint density at radius 3 is 2.13 bits per heavy atom. The second-order valence-electron chi connectivity index (χ2n) is 3.60. The summed E-state index contributed by atoms with van der Waals surface area (Å²) in [6.07, 6.45) is 0. The lowest BCUT2D eigenvalue weighted by molar-refractivity contribution is -0.139. The van der Waals surface area contributed by atoms with Crippen molar-refractivity contribution in [2.75, 3.05) is 6.61 Å². The molecule has 0 aromatic rings. The number of hydrogen-bond acceptors (Lipinski definition) is 3. The molecule has 1 N–H and O–H groups in total. The lowest BCUT2D eigenvalue weighted by Gasteiger charge is -2.14. The zero-order valence-electron chi connectivity index (χ0n) is 10.0. The van der Waals surface area contributed by atoms with Gasteiger partial charge in [0.05, 0.1) is 12.2 Å². The van der Waals surface area contributed by atoms with Crippen LogP contribution in [0.1, 0.15) is 34.6 Å². The summed E-state index contributed by atoms with van der Waals surface area (Å²) >= 11 is 0. The van der Waals surface area contributed by atoms with Crippen LogP contribution in [0.2, 0.25) is 0 Å². The quantitative estimate of drug-likeness (QED) is 0.570. The SMILES string of the molecule is CCOC(=O)/C(=C(\C)NC(C)=O)C(C)C. The average Bonchev–Trinajstić information content (AvgIpc) is 2.01. The Labute approximate surface area is 90.7 Å². The minimum atomic E-state index is -0.362. The summed E-state index contributed by atoms with van der Waals surface area (Å²) in [5.74, 6) is -0.524. The summed E-state index contributed by atoms with van der Waals surface area (Å²) < 4.78 is 4.92. The second kappa shape index (κ2) is 6.22. The van der Waals surface area contributed by atoms with E-state index in [-0.39, 0.29) is 17.8 Å². The molecular formula is C11H19NO3. The Balaban J connectivity index is 4.92.